The van der Waals surface area contributed by atoms with E-state index in [0.717, 1.165) is 10.1 Å². The van der Waals surface area contributed by atoms with Crippen LogP contribution in [0.25, 0.3) is 0 Å². The van der Waals surface area contributed by atoms with Crippen LogP contribution in [0.5, 0.6) is 0 Å². The fraction of sp³-hybridized carbons (Fsp3) is 0.357. The van der Waals surface area contributed by atoms with E-state index in [4.69, 9.17) is 0 Å². The fourth-order valence-electron chi connectivity index (χ4n) is 2.06. The lowest BCUT2D eigenvalue weighted by Crippen LogP contribution is -2.20. The summed E-state index contributed by atoms with van der Waals surface area (Å²) in [6.07, 6.45) is 2.71. The van der Waals surface area contributed by atoms with Gasteiger partial charge < -0.3 is 0 Å². The Morgan fingerprint density at radius 1 is 1.32 bits per heavy atom. The number of halogens is 2. The van der Waals surface area contributed by atoms with E-state index in [0.29, 0.717) is 18.9 Å². The Balaban J connectivity index is 2.01. The van der Waals surface area contributed by atoms with E-state index in [9.17, 15) is 8.78 Å². The van der Waals surface area contributed by atoms with Gasteiger partial charge in [-0.3, -0.25) is 9.47 Å². The first kappa shape index (κ1) is 13.7. The molecule has 1 heterocycles. The van der Waals surface area contributed by atoms with Crippen molar-refractivity contribution in [2.24, 2.45) is 0 Å². The molecule has 0 aliphatic carbocycles. The molecule has 5 heteroatoms. The smallest absolute Gasteiger partial charge is 0.295 e. The average molecular weight is 265 g/mol. The largest absolute Gasteiger partial charge is 0.319 e. The van der Waals surface area contributed by atoms with Gasteiger partial charge in [-0.05, 0) is 19.5 Å². The summed E-state index contributed by atoms with van der Waals surface area (Å²) in [5, 5.41) is 0. The minimum atomic E-state index is -2.54. The first-order valence-corrected chi connectivity index (χ1v) is 6.10. The van der Waals surface area contributed by atoms with Gasteiger partial charge in [0.1, 0.15) is 5.82 Å². The molecule has 0 saturated carbocycles. The van der Waals surface area contributed by atoms with Crippen molar-refractivity contribution in [1.29, 1.82) is 0 Å². The van der Waals surface area contributed by atoms with Gasteiger partial charge >= 0.3 is 6.55 Å². The van der Waals surface area contributed by atoms with Crippen molar-refractivity contribution >= 4 is 0 Å². The number of rotatable bonds is 5. The number of alkyl halides is 2. The highest BCUT2D eigenvalue weighted by Gasteiger charge is 2.13. The lowest BCUT2D eigenvalue weighted by Gasteiger charge is -2.17. The van der Waals surface area contributed by atoms with Crippen molar-refractivity contribution in [2.45, 2.75) is 26.6 Å². The summed E-state index contributed by atoms with van der Waals surface area (Å²) >= 11 is 0. The molecule has 0 atom stereocenters. The average Bonchev–Trinajstić information content (AvgIpc) is 2.76. The normalized spacial score (nSPS) is 11.5. The van der Waals surface area contributed by atoms with E-state index in [-0.39, 0.29) is 0 Å². The van der Waals surface area contributed by atoms with E-state index in [1.807, 2.05) is 37.1 Å². The standard InChI is InChI=1S/C14H17F2N3/c1-11-4-3-5-12(8-11)9-18(2)10-13-17-6-7-19(13)14(15)16/h3-8,14H,9-10H2,1-2H3. The van der Waals surface area contributed by atoms with Crippen LogP contribution < -0.4 is 0 Å². The number of hydrogen-bond donors (Lipinski definition) is 0. The second-order valence-electron chi connectivity index (χ2n) is 4.69. The summed E-state index contributed by atoms with van der Waals surface area (Å²) in [5.41, 5.74) is 2.36. The van der Waals surface area contributed by atoms with Crippen LogP contribution in [0.3, 0.4) is 0 Å². The number of aryl methyl sites for hydroxylation is 1. The predicted molar refractivity (Wildman–Crippen MR) is 69.8 cm³/mol. The lowest BCUT2D eigenvalue weighted by atomic mass is 10.1. The molecule has 0 radical (unpaired) electrons. The van der Waals surface area contributed by atoms with E-state index in [2.05, 4.69) is 11.1 Å². The predicted octanol–water partition coefficient (Wildman–Crippen LogP) is 3.22. The number of aromatic nitrogens is 2. The molecule has 0 fully saturated rings. The molecule has 0 N–H and O–H groups in total. The Labute approximate surface area is 111 Å². The zero-order chi connectivity index (χ0) is 13.8. The molecule has 3 nitrogen and oxygen atoms in total. The number of imidazole rings is 1. The molecule has 0 unspecified atom stereocenters. The Bertz CT molecular complexity index is 537. The monoisotopic (exact) mass is 265 g/mol. The van der Waals surface area contributed by atoms with Crippen LogP contribution in [0, 0.1) is 6.92 Å². The summed E-state index contributed by atoms with van der Waals surface area (Å²) < 4.78 is 26.3. The molecule has 0 bridgehead atoms. The quantitative estimate of drug-likeness (QED) is 0.827. The molecule has 1 aromatic carbocycles. The second kappa shape index (κ2) is 5.93. The Kier molecular flexibility index (Phi) is 4.27. The van der Waals surface area contributed by atoms with Crippen molar-refractivity contribution in [3.8, 4) is 0 Å². The highest BCUT2D eigenvalue weighted by Crippen LogP contribution is 2.14. The Morgan fingerprint density at radius 3 is 2.79 bits per heavy atom. The molecule has 2 rings (SSSR count). The van der Waals surface area contributed by atoms with Crippen LogP contribution in [-0.2, 0) is 13.1 Å². The summed E-state index contributed by atoms with van der Waals surface area (Å²) in [6.45, 7) is 0.598. The molecular weight excluding hydrogens is 248 g/mol. The van der Waals surface area contributed by atoms with Gasteiger partial charge in [0.25, 0.3) is 0 Å². The minimum Gasteiger partial charge on any atom is -0.295 e. The first-order chi connectivity index (χ1) is 9.06. The highest BCUT2D eigenvalue weighted by molar-refractivity contribution is 5.22. The van der Waals surface area contributed by atoms with Crippen LogP contribution in [0.15, 0.2) is 36.7 Å². The Hall–Kier alpha value is -1.75. The molecule has 102 valence electrons. The summed E-state index contributed by atoms with van der Waals surface area (Å²) in [7, 11) is 1.90. The molecule has 0 aliphatic heterocycles. The zero-order valence-electron chi connectivity index (χ0n) is 11.1. The van der Waals surface area contributed by atoms with Gasteiger partial charge in [-0.1, -0.05) is 29.8 Å². The molecule has 0 aliphatic rings. The number of hydrogen-bond acceptors (Lipinski definition) is 2. The number of benzene rings is 1. The molecule has 0 spiro atoms. The molecule has 2 aromatic rings. The minimum absolute atomic E-state index is 0.380. The van der Waals surface area contributed by atoms with E-state index >= 15 is 0 Å². The highest BCUT2D eigenvalue weighted by atomic mass is 19.3. The van der Waals surface area contributed by atoms with Crippen LogP contribution in [-0.4, -0.2) is 21.5 Å². The SMILES string of the molecule is Cc1cccc(CN(C)Cc2nccn2C(F)F)c1. The van der Waals surface area contributed by atoms with Gasteiger partial charge in [0.15, 0.2) is 0 Å². The molecule has 1 aromatic heterocycles. The van der Waals surface area contributed by atoms with Crippen LogP contribution >= 0.6 is 0 Å². The van der Waals surface area contributed by atoms with Crippen molar-refractivity contribution in [2.75, 3.05) is 7.05 Å². The van der Waals surface area contributed by atoms with Crippen LogP contribution in [0.2, 0.25) is 0 Å². The third-order valence-electron chi connectivity index (χ3n) is 2.91. The van der Waals surface area contributed by atoms with Gasteiger partial charge in [-0.2, -0.15) is 8.78 Å². The molecular formula is C14H17F2N3. The van der Waals surface area contributed by atoms with Gasteiger partial charge in [-0.25, -0.2) is 4.98 Å². The van der Waals surface area contributed by atoms with Crippen molar-refractivity contribution < 1.29 is 8.78 Å². The Morgan fingerprint density at radius 2 is 2.11 bits per heavy atom. The summed E-state index contributed by atoms with van der Waals surface area (Å²) in [6, 6.07) is 8.16. The summed E-state index contributed by atoms with van der Waals surface area (Å²) in [5.74, 6) is 0.380. The fourth-order valence-corrected chi connectivity index (χ4v) is 2.06. The second-order valence-corrected chi connectivity index (χ2v) is 4.69. The van der Waals surface area contributed by atoms with Crippen LogP contribution in [0.4, 0.5) is 8.78 Å². The van der Waals surface area contributed by atoms with Gasteiger partial charge in [0.2, 0.25) is 0 Å². The first-order valence-electron chi connectivity index (χ1n) is 6.10. The maximum Gasteiger partial charge on any atom is 0.319 e. The van der Waals surface area contributed by atoms with Gasteiger partial charge in [-0.15, -0.1) is 0 Å². The lowest BCUT2D eigenvalue weighted by molar-refractivity contribution is 0.0644. The molecule has 0 amide bonds. The van der Waals surface area contributed by atoms with Crippen molar-refractivity contribution in [3.05, 3.63) is 53.6 Å². The van der Waals surface area contributed by atoms with Gasteiger partial charge in [0, 0.05) is 18.9 Å². The zero-order valence-corrected chi connectivity index (χ0v) is 11.1. The molecule has 19 heavy (non-hydrogen) atoms. The third-order valence-corrected chi connectivity index (χ3v) is 2.91. The van der Waals surface area contributed by atoms with Crippen molar-refractivity contribution in [3.63, 3.8) is 0 Å². The maximum atomic E-state index is 12.7. The van der Waals surface area contributed by atoms with E-state index in [1.165, 1.54) is 18.0 Å². The van der Waals surface area contributed by atoms with E-state index in [1.54, 1.807) is 0 Å². The van der Waals surface area contributed by atoms with E-state index < -0.39 is 6.55 Å². The molecule has 0 saturated heterocycles. The third kappa shape index (κ3) is 3.61. The van der Waals surface area contributed by atoms with Crippen molar-refractivity contribution in [1.82, 2.24) is 14.5 Å². The number of nitrogens with zero attached hydrogens (tertiary/aromatic N) is 3. The topological polar surface area (TPSA) is 21.1 Å². The summed E-state index contributed by atoms with van der Waals surface area (Å²) in [4.78, 5) is 5.95. The van der Waals surface area contributed by atoms with Gasteiger partial charge in [0.05, 0.1) is 6.54 Å². The van der Waals surface area contributed by atoms with Crippen LogP contribution in [0.1, 0.15) is 23.5 Å². The maximum absolute atomic E-state index is 12.7.